The van der Waals surface area contributed by atoms with E-state index in [1.807, 2.05) is 27.7 Å². The van der Waals surface area contributed by atoms with Crippen molar-refractivity contribution in [3.05, 3.63) is 29.3 Å². The number of carbonyl (C=O) groups excluding carboxylic acids is 1. The number of benzene rings is 1. The number of aryl methyl sites for hydroxylation is 2. The van der Waals surface area contributed by atoms with E-state index in [2.05, 4.69) is 10.3 Å². The molecular formula is C13H20N2O3S. The van der Waals surface area contributed by atoms with Crippen LogP contribution in [0, 0.1) is 19.8 Å². The largest absolute Gasteiger partial charge is 0.278 e. The van der Waals surface area contributed by atoms with Crippen LogP contribution in [0.2, 0.25) is 0 Å². The highest BCUT2D eigenvalue weighted by molar-refractivity contribution is 7.89. The molecule has 0 spiro atoms. The predicted octanol–water partition coefficient (Wildman–Crippen LogP) is 1.66. The smallest absolute Gasteiger partial charge is 0.257 e. The summed E-state index contributed by atoms with van der Waals surface area (Å²) in [6.45, 7) is 7.52. The van der Waals surface area contributed by atoms with E-state index >= 15 is 0 Å². The molecule has 1 amide bonds. The summed E-state index contributed by atoms with van der Waals surface area (Å²) in [6.07, 6.45) is 0.273. The Balaban J connectivity index is 2.76. The second-order valence-corrected chi connectivity index (χ2v) is 6.68. The maximum atomic E-state index is 12.0. The molecule has 0 saturated carbocycles. The summed E-state index contributed by atoms with van der Waals surface area (Å²) in [7, 11) is -3.71. The van der Waals surface area contributed by atoms with Crippen molar-refractivity contribution in [2.24, 2.45) is 5.92 Å². The number of nitrogens with one attached hydrogen (secondary N) is 2. The number of amides is 1. The normalized spacial score (nSPS) is 11.6. The van der Waals surface area contributed by atoms with E-state index in [0.717, 1.165) is 11.1 Å². The molecule has 0 bridgehead atoms. The molecule has 1 rings (SSSR count). The van der Waals surface area contributed by atoms with Crippen LogP contribution < -0.4 is 10.3 Å². The molecule has 0 saturated heterocycles. The molecule has 0 aromatic heterocycles. The standard InChI is InChI=1S/C13H20N2O3S/c1-9(2)7-13(16)14-15-19(17,18)12-6-5-10(3)11(4)8-12/h5-6,8-9,15H,7H2,1-4H3,(H,14,16). The number of carbonyl (C=O) groups is 1. The second kappa shape index (κ2) is 6.16. The maximum absolute atomic E-state index is 12.0. The Labute approximate surface area is 114 Å². The van der Waals surface area contributed by atoms with Crippen molar-refractivity contribution in [1.29, 1.82) is 0 Å². The molecule has 106 valence electrons. The van der Waals surface area contributed by atoms with Gasteiger partial charge in [0, 0.05) is 6.42 Å². The molecule has 0 heterocycles. The van der Waals surface area contributed by atoms with E-state index in [1.165, 1.54) is 6.07 Å². The molecule has 0 aliphatic rings. The van der Waals surface area contributed by atoms with Gasteiger partial charge in [0.25, 0.3) is 10.0 Å². The number of hydrazine groups is 1. The average Bonchev–Trinajstić information content (AvgIpc) is 2.29. The van der Waals surface area contributed by atoms with Gasteiger partial charge in [-0.2, -0.15) is 0 Å². The van der Waals surface area contributed by atoms with E-state index < -0.39 is 10.0 Å². The summed E-state index contributed by atoms with van der Waals surface area (Å²) in [4.78, 5) is 13.7. The van der Waals surface area contributed by atoms with Crippen LogP contribution in [0.25, 0.3) is 0 Å². The first kappa shape index (κ1) is 15.7. The maximum Gasteiger partial charge on any atom is 0.257 e. The number of hydrogen-bond acceptors (Lipinski definition) is 3. The highest BCUT2D eigenvalue weighted by atomic mass is 32.2. The van der Waals surface area contributed by atoms with Crippen LogP contribution in [-0.4, -0.2) is 14.3 Å². The second-order valence-electron chi connectivity index (χ2n) is 5.00. The van der Waals surface area contributed by atoms with Gasteiger partial charge < -0.3 is 0 Å². The van der Waals surface area contributed by atoms with Gasteiger partial charge in [-0.05, 0) is 43.0 Å². The molecule has 1 aromatic rings. The minimum atomic E-state index is -3.71. The average molecular weight is 284 g/mol. The summed E-state index contributed by atoms with van der Waals surface area (Å²) in [6, 6.07) is 4.82. The lowest BCUT2D eigenvalue weighted by Crippen LogP contribution is -2.41. The fraction of sp³-hybridized carbons (Fsp3) is 0.462. The third-order valence-electron chi connectivity index (χ3n) is 2.71. The van der Waals surface area contributed by atoms with Crippen molar-refractivity contribution in [3.63, 3.8) is 0 Å². The van der Waals surface area contributed by atoms with Gasteiger partial charge in [0.1, 0.15) is 0 Å². The molecule has 6 heteroatoms. The number of rotatable bonds is 5. The molecule has 0 aliphatic carbocycles. The van der Waals surface area contributed by atoms with Crippen LogP contribution >= 0.6 is 0 Å². The Bertz CT molecular complexity index is 565. The van der Waals surface area contributed by atoms with E-state index in [0.29, 0.717) is 0 Å². The third-order valence-corrected chi connectivity index (χ3v) is 3.95. The number of hydrogen-bond donors (Lipinski definition) is 2. The Morgan fingerprint density at radius 1 is 1.21 bits per heavy atom. The van der Waals surface area contributed by atoms with E-state index in [4.69, 9.17) is 0 Å². The van der Waals surface area contributed by atoms with E-state index in [9.17, 15) is 13.2 Å². The van der Waals surface area contributed by atoms with Crippen LogP contribution in [0.1, 0.15) is 31.4 Å². The zero-order valence-corrected chi connectivity index (χ0v) is 12.5. The number of sulfonamides is 1. The monoisotopic (exact) mass is 284 g/mol. The molecule has 0 aliphatic heterocycles. The SMILES string of the molecule is Cc1ccc(S(=O)(=O)NNC(=O)CC(C)C)cc1C. The van der Waals surface area contributed by atoms with Crippen molar-refractivity contribution >= 4 is 15.9 Å². The van der Waals surface area contributed by atoms with Crippen molar-refractivity contribution < 1.29 is 13.2 Å². The molecule has 19 heavy (non-hydrogen) atoms. The van der Waals surface area contributed by atoms with Crippen LogP contribution in [0.5, 0.6) is 0 Å². The van der Waals surface area contributed by atoms with E-state index in [-0.39, 0.29) is 23.1 Å². The van der Waals surface area contributed by atoms with Gasteiger partial charge in [-0.15, -0.1) is 4.83 Å². The fourth-order valence-corrected chi connectivity index (χ4v) is 2.43. The van der Waals surface area contributed by atoms with Gasteiger partial charge in [-0.3, -0.25) is 10.2 Å². The minimum Gasteiger partial charge on any atom is -0.278 e. The predicted molar refractivity (Wildman–Crippen MR) is 73.8 cm³/mol. The lowest BCUT2D eigenvalue weighted by Gasteiger charge is -2.10. The molecule has 5 nitrogen and oxygen atoms in total. The molecular weight excluding hydrogens is 264 g/mol. The van der Waals surface area contributed by atoms with Crippen molar-refractivity contribution in [1.82, 2.24) is 10.3 Å². The van der Waals surface area contributed by atoms with Gasteiger partial charge >= 0.3 is 0 Å². The Hall–Kier alpha value is -1.40. The third kappa shape index (κ3) is 4.65. The van der Waals surface area contributed by atoms with Crippen molar-refractivity contribution in [3.8, 4) is 0 Å². The Morgan fingerprint density at radius 2 is 1.84 bits per heavy atom. The van der Waals surface area contributed by atoms with Gasteiger partial charge in [-0.1, -0.05) is 19.9 Å². The van der Waals surface area contributed by atoms with Crippen LogP contribution in [0.4, 0.5) is 0 Å². The highest BCUT2D eigenvalue weighted by Gasteiger charge is 2.15. The molecule has 1 aromatic carbocycles. The summed E-state index contributed by atoms with van der Waals surface area (Å²) in [5.41, 5.74) is 4.11. The van der Waals surface area contributed by atoms with Gasteiger partial charge in [0.05, 0.1) is 4.90 Å². The molecule has 0 radical (unpaired) electrons. The summed E-state index contributed by atoms with van der Waals surface area (Å²) >= 11 is 0. The highest BCUT2D eigenvalue weighted by Crippen LogP contribution is 2.14. The molecule has 0 unspecified atom stereocenters. The van der Waals surface area contributed by atoms with Crippen molar-refractivity contribution in [2.75, 3.05) is 0 Å². The zero-order valence-electron chi connectivity index (χ0n) is 11.6. The van der Waals surface area contributed by atoms with Crippen LogP contribution in [0.3, 0.4) is 0 Å². The van der Waals surface area contributed by atoms with Gasteiger partial charge in [-0.25, -0.2) is 8.42 Å². The Morgan fingerprint density at radius 3 is 2.37 bits per heavy atom. The minimum absolute atomic E-state index is 0.139. The summed E-state index contributed by atoms with van der Waals surface area (Å²) in [5, 5.41) is 0. The molecule has 2 N–H and O–H groups in total. The van der Waals surface area contributed by atoms with E-state index in [1.54, 1.807) is 12.1 Å². The summed E-state index contributed by atoms with van der Waals surface area (Å²) < 4.78 is 23.9. The first-order valence-electron chi connectivity index (χ1n) is 6.10. The fourth-order valence-electron chi connectivity index (χ4n) is 1.49. The quantitative estimate of drug-likeness (QED) is 0.807. The first-order valence-corrected chi connectivity index (χ1v) is 7.58. The lowest BCUT2D eigenvalue weighted by atomic mass is 10.1. The first-order chi connectivity index (χ1) is 8.72. The summed E-state index contributed by atoms with van der Waals surface area (Å²) in [5.74, 6) is -0.173. The van der Waals surface area contributed by atoms with Crippen molar-refractivity contribution in [2.45, 2.75) is 39.0 Å². The van der Waals surface area contributed by atoms with Gasteiger partial charge in [0.2, 0.25) is 5.91 Å². The lowest BCUT2D eigenvalue weighted by molar-refractivity contribution is -0.122. The van der Waals surface area contributed by atoms with Crippen LogP contribution in [0.15, 0.2) is 23.1 Å². The molecule has 0 atom stereocenters. The topological polar surface area (TPSA) is 75.3 Å². The zero-order chi connectivity index (χ0) is 14.6. The Kier molecular flexibility index (Phi) is 5.08. The van der Waals surface area contributed by atoms with Crippen LogP contribution in [-0.2, 0) is 14.8 Å². The molecule has 0 fully saturated rings. The van der Waals surface area contributed by atoms with Gasteiger partial charge in [0.15, 0.2) is 0 Å².